The molecule has 0 amide bonds. The van der Waals surface area contributed by atoms with Gasteiger partial charge in [0.2, 0.25) is 5.69 Å². The summed E-state index contributed by atoms with van der Waals surface area (Å²) in [5, 5.41) is 11.9. The minimum atomic E-state index is 0.166. The smallest absolute Gasteiger partial charge is 0.203 e. The first-order valence-electron chi connectivity index (χ1n) is 5.16. The molecule has 0 spiro atoms. The lowest BCUT2D eigenvalue weighted by atomic mass is 9.95. The number of nitrogens with zero attached hydrogens (tertiary/aromatic N) is 1. The zero-order chi connectivity index (χ0) is 10.6. The maximum Gasteiger partial charge on any atom is 0.203 e. The Labute approximate surface area is 93.2 Å². The van der Waals surface area contributed by atoms with E-state index in [9.17, 15) is 5.21 Å². The van der Waals surface area contributed by atoms with Crippen LogP contribution in [0.3, 0.4) is 0 Å². The summed E-state index contributed by atoms with van der Waals surface area (Å²) in [6, 6.07) is 1.73. The number of rotatable bonds is 1. The molecule has 2 aliphatic rings. The van der Waals surface area contributed by atoms with Crippen LogP contribution in [-0.4, -0.2) is 12.5 Å². The Kier molecular flexibility index (Phi) is 1.87. The summed E-state index contributed by atoms with van der Waals surface area (Å²) in [4.78, 5) is 0. The predicted octanol–water partition coefficient (Wildman–Crippen LogP) is 1.91. The molecule has 3 atom stereocenters. The Morgan fingerprint density at radius 3 is 3.07 bits per heavy atom. The van der Waals surface area contributed by atoms with E-state index in [4.69, 9.17) is 16.3 Å². The molecule has 0 saturated heterocycles. The summed E-state index contributed by atoms with van der Waals surface area (Å²) in [6.45, 7) is 0. The van der Waals surface area contributed by atoms with Crippen molar-refractivity contribution in [3.63, 3.8) is 0 Å². The van der Waals surface area contributed by atoms with E-state index in [1.54, 1.807) is 13.2 Å². The predicted molar refractivity (Wildman–Crippen MR) is 56.3 cm³/mol. The first-order valence-corrected chi connectivity index (χ1v) is 5.60. The molecule has 1 heterocycles. The van der Waals surface area contributed by atoms with Crippen molar-refractivity contribution in [2.24, 2.45) is 0 Å². The van der Waals surface area contributed by atoms with E-state index in [0.717, 1.165) is 34.6 Å². The second kappa shape index (κ2) is 3.01. The van der Waals surface area contributed by atoms with Gasteiger partial charge in [-0.15, -0.1) is 11.6 Å². The molecule has 1 saturated carbocycles. The van der Waals surface area contributed by atoms with Crippen molar-refractivity contribution in [1.82, 2.24) is 0 Å². The fraction of sp³-hybridized carbons (Fsp3) is 0.545. The van der Waals surface area contributed by atoms with E-state index >= 15 is 0 Å². The van der Waals surface area contributed by atoms with Crippen molar-refractivity contribution in [3.05, 3.63) is 28.7 Å². The Hall–Kier alpha value is -0.960. The van der Waals surface area contributed by atoms with Crippen LogP contribution in [0.1, 0.15) is 35.9 Å². The minimum absolute atomic E-state index is 0.166. The van der Waals surface area contributed by atoms with Crippen molar-refractivity contribution in [2.45, 2.75) is 30.1 Å². The molecule has 1 aromatic rings. The average Bonchev–Trinajstić information content (AvgIpc) is 2.76. The molecule has 0 N–H and O–H groups in total. The average molecular weight is 226 g/mol. The second-order valence-corrected chi connectivity index (χ2v) is 4.86. The molecule has 1 aromatic heterocycles. The molecular formula is C11H12ClNO2. The Morgan fingerprint density at radius 1 is 1.53 bits per heavy atom. The molecule has 3 rings (SSSR count). The highest BCUT2D eigenvalue weighted by atomic mass is 35.5. The Bertz CT molecular complexity index is 421. The molecule has 0 aromatic carbocycles. The molecule has 0 aliphatic heterocycles. The molecule has 4 heteroatoms. The van der Waals surface area contributed by atoms with Gasteiger partial charge < -0.3 is 9.94 Å². The quantitative estimate of drug-likeness (QED) is 0.416. The summed E-state index contributed by atoms with van der Waals surface area (Å²) in [5.41, 5.74) is 1.93. The lowest BCUT2D eigenvalue weighted by Gasteiger charge is -2.20. The molecule has 0 unspecified atom stereocenters. The van der Waals surface area contributed by atoms with Crippen molar-refractivity contribution < 1.29 is 9.47 Å². The van der Waals surface area contributed by atoms with Crippen molar-refractivity contribution in [3.8, 4) is 5.75 Å². The van der Waals surface area contributed by atoms with Gasteiger partial charge in [-0.1, -0.05) is 0 Å². The van der Waals surface area contributed by atoms with Crippen LogP contribution in [0.4, 0.5) is 0 Å². The second-order valence-electron chi connectivity index (χ2n) is 4.30. The van der Waals surface area contributed by atoms with Crippen LogP contribution >= 0.6 is 11.6 Å². The zero-order valence-corrected chi connectivity index (χ0v) is 9.20. The first kappa shape index (κ1) is 9.28. The number of hydrogen-bond acceptors (Lipinski definition) is 2. The van der Waals surface area contributed by atoms with Crippen molar-refractivity contribution in [1.29, 1.82) is 0 Å². The van der Waals surface area contributed by atoms with Crippen LogP contribution in [0.5, 0.6) is 5.75 Å². The van der Waals surface area contributed by atoms with Gasteiger partial charge in [0.25, 0.3) is 0 Å². The van der Waals surface area contributed by atoms with Gasteiger partial charge in [0.15, 0.2) is 6.20 Å². The molecule has 1 fully saturated rings. The Balaban J connectivity index is 2.22. The van der Waals surface area contributed by atoms with E-state index < -0.39 is 0 Å². The van der Waals surface area contributed by atoms with Gasteiger partial charge >= 0.3 is 0 Å². The number of halogens is 1. The minimum Gasteiger partial charge on any atom is -0.618 e. The molecule has 15 heavy (non-hydrogen) atoms. The standard InChI is InChI=1S/C11H12ClNO2/c1-15-9-2-3-13(14)11-6-4-7(10(9)11)8(12)5-6/h2-3,6-8H,4-5H2,1H3/t6-,7+,8-/m0/s1. The van der Waals surface area contributed by atoms with Gasteiger partial charge in [-0.25, -0.2) is 0 Å². The van der Waals surface area contributed by atoms with Gasteiger partial charge in [0.05, 0.1) is 12.7 Å². The number of methoxy groups -OCH3 is 1. The van der Waals surface area contributed by atoms with Crippen LogP contribution in [-0.2, 0) is 0 Å². The molecular weight excluding hydrogens is 214 g/mol. The summed E-state index contributed by atoms with van der Waals surface area (Å²) in [5.74, 6) is 1.46. The van der Waals surface area contributed by atoms with Crippen LogP contribution in [0.15, 0.2) is 12.3 Å². The SMILES string of the molecule is COc1cc[n+]([O-])c2c1[C@@H]1C[C@H]2C[C@@H]1Cl. The summed E-state index contributed by atoms with van der Waals surface area (Å²) in [7, 11) is 1.64. The fourth-order valence-electron chi connectivity index (χ4n) is 3.01. The van der Waals surface area contributed by atoms with Crippen LogP contribution < -0.4 is 9.47 Å². The Morgan fingerprint density at radius 2 is 2.33 bits per heavy atom. The third kappa shape index (κ3) is 1.10. The zero-order valence-electron chi connectivity index (χ0n) is 8.44. The molecule has 3 nitrogen and oxygen atoms in total. The highest BCUT2D eigenvalue weighted by Crippen LogP contribution is 2.56. The third-order valence-electron chi connectivity index (χ3n) is 3.60. The van der Waals surface area contributed by atoms with Crippen molar-refractivity contribution >= 4 is 11.6 Å². The van der Waals surface area contributed by atoms with E-state index in [0.29, 0.717) is 11.8 Å². The van der Waals surface area contributed by atoms with E-state index in [-0.39, 0.29) is 5.38 Å². The first-order chi connectivity index (χ1) is 7.22. The van der Waals surface area contributed by atoms with Crippen LogP contribution in [0, 0.1) is 5.21 Å². The maximum absolute atomic E-state index is 11.7. The fourth-order valence-corrected chi connectivity index (χ4v) is 3.45. The highest BCUT2D eigenvalue weighted by molar-refractivity contribution is 6.21. The number of fused-ring (bicyclic) bond motifs is 5. The number of ether oxygens (including phenoxy) is 1. The molecule has 2 aliphatic carbocycles. The molecule has 0 radical (unpaired) electrons. The van der Waals surface area contributed by atoms with Gasteiger partial charge in [0.1, 0.15) is 5.75 Å². The molecule has 2 bridgehead atoms. The summed E-state index contributed by atoms with van der Waals surface area (Å²) < 4.78 is 6.28. The van der Waals surface area contributed by atoms with Gasteiger partial charge in [0, 0.05) is 23.3 Å². The number of aromatic nitrogens is 1. The van der Waals surface area contributed by atoms with E-state index in [1.165, 1.54) is 6.20 Å². The highest BCUT2D eigenvalue weighted by Gasteiger charge is 2.49. The maximum atomic E-state index is 11.7. The van der Waals surface area contributed by atoms with E-state index in [2.05, 4.69) is 0 Å². The van der Waals surface area contributed by atoms with Crippen molar-refractivity contribution in [2.75, 3.05) is 7.11 Å². The number of alkyl halides is 1. The monoisotopic (exact) mass is 225 g/mol. The van der Waals surface area contributed by atoms with E-state index in [1.807, 2.05) is 0 Å². The van der Waals surface area contributed by atoms with Gasteiger partial charge in [-0.3, -0.25) is 0 Å². The van der Waals surface area contributed by atoms with Gasteiger partial charge in [-0.05, 0) is 12.8 Å². The lowest BCUT2D eigenvalue weighted by molar-refractivity contribution is -0.615. The summed E-state index contributed by atoms with van der Waals surface area (Å²) in [6.07, 6.45) is 3.46. The third-order valence-corrected chi connectivity index (χ3v) is 4.08. The van der Waals surface area contributed by atoms with Crippen LogP contribution in [0.25, 0.3) is 0 Å². The largest absolute Gasteiger partial charge is 0.618 e. The number of hydrogen-bond donors (Lipinski definition) is 0. The topological polar surface area (TPSA) is 36.2 Å². The normalized spacial score (nSPS) is 31.7. The molecule has 80 valence electrons. The van der Waals surface area contributed by atoms with Crippen LogP contribution in [0.2, 0.25) is 0 Å². The number of pyridine rings is 1. The summed E-state index contributed by atoms with van der Waals surface area (Å²) >= 11 is 6.25. The van der Waals surface area contributed by atoms with Gasteiger partial charge in [-0.2, -0.15) is 4.73 Å². The lowest BCUT2D eigenvalue weighted by Crippen LogP contribution is -2.34.